The number of carbonyl (C=O) groups excluding carboxylic acids is 2. The highest BCUT2D eigenvalue weighted by Crippen LogP contribution is 2.33. The SMILES string of the molecule is Cc1cc(-c2ncccc2-c2cc(CC(N)Cc3c[nH]c4ccccc34)n3c(C(=O)OC=O)ncc3c2)ccc1F. The van der Waals surface area contributed by atoms with Crippen LogP contribution in [0.15, 0.2) is 85.3 Å². The molecule has 8 nitrogen and oxygen atoms in total. The quantitative estimate of drug-likeness (QED) is 0.149. The van der Waals surface area contributed by atoms with Crippen LogP contribution in [0.2, 0.25) is 0 Å². The van der Waals surface area contributed by atoms with Crippen molar-refractivity contribution in [3.63, 3.8) is 0 Å². The summed E-state index contributed by atoms with van der Waals surface area (Å²) >= 11 is 0. The molecule has 6 aromatic rings. The lowest BCUT2D eigenvalue weighted by molar-refractivity contribution is -0.123. The third-order valence-electron chi connectivity index (χ3n) is 7.22. The average Bonchev–Trinajstić information content (AvgIpc) is 3.59. The van der Waals surface area contributed by atoms with Crippen LogP contribution in [0.3, 0.4) is 0 Å². The molecule has 0 spiro atoms. The van der Waals surface area contributed by atoms with Crippen LogP contribution in [-0.2, 0) is 22.4 Å². The van der Waals surface area contributed by atoms with Crippen LogP contribution < -0.4 is 5.73 Å². The van der Waals surface area contributed by atoms with Gasteiger partial charge in [-0.05, 0) is 72.5 Å². The number of hydrogen-bond donors (Lipinski definition) is 2. The van der Waals surface area contributed by atoms with Crippen LogP contribution in [0, 0.1) is 12.7 Å². The monoisotopic (exact) mass is 547 g/mol. The molecular weight excluding hydrogens is 521 g/mol. The number of aryl methyl sites for hydroxylation is 1. The van der Waals surface area contributed by atoms with Gasteiger partial charge in [-0.15, -0.1) is 0 Å². The highest BCUT2D eigenvalue weighted by Gasteiger charge is 2.21. The van der Waals surface area contributed by atoms with E-state index in [2.05, 4.69) is 25.8 Å². The fraction of sp³-hybridized carbons (Fsp3) is 0.125. The first-order valence-electron chi connectivity index (χ1n) is 13.1. The third kappa shape index (κ3) is 4.99. The standard InChI is InChI=1S/C32H26FN5O3/c1-19-11-20(8-9-28(19)33)30-27(6-4-10-35-30)21-13-24(38-25(14-21)17-37-31(38)32(40)41-18-39)15-23(34)12-22-16-36-29-7-3-2-5-26(22)29/h2-11,13-14,16-18,23,36H,12,15,34H2,1H3. The van der Waals surface area contributed by atoms with Crippen LogP contribution >= 0.6 is 0 Å². The Morgan fingerprint density at radius 1 is 1.07 bits per heavy atom. The van der Waals surface area contributed by atoms with Gasteiger partial charge in [0, 0.05) is 52.6 Å². The number of para-hydroxylation sites is 1. The van der Waals surface area contributed by atoms with Crippen molar-refractivity contribution in [1.82, 2.24) is 19.4 Å². The van der Waals surface area contributed by atoms with Gasteiger partial charge in [0.05, 0.1) is 17.4 Å². The van der Waals surface area contributed by atoms with Gasteiger partial charge in [0.1, 0.15) is 5.82 Å². The number of benzene rings is 2. The molecular formula is C32H26FN5O3. The minimum atomic E-state index is -0.858. The molecule has 204 valence electrons. The molecule has 0 bridgehead atoms. The van der Waals surface area contributed by atoms with Crippen molar-refractivity contribution in [2.75, 3.05) is 0 Å². The molecule has 0 saturated heterocycles. The summed E-state index contributed by atoms with van der Waals surface area (Å²) in [7, 11) is 0. The lowest BCUT2D eigenvalue weighted by atomic mass is 9.96. The molecule has 0 radical (unpaired) electrons. The summed E-state index contributed by atoms with van der Waals surface area (Å²) in [5.74, 6) is -1.16. The summed E-state index contributed by atoms with van der Waals surface area (Å²) in [5.41, 5.74) is 13.8. The maximum Gasteiger partial charge on any atom is 0.382 e. The summed E-state index contributed by atoms with van der Waals surface area (Å²) in [6.07, 6.45) is 6.20. The predicted molar refractivity (Wildman–Crippen MR) is 154 cm³/mol. The number of carbonyl (C=O) groups is 2. The first-order chi connectivity index (χ1) is 19.9. The molecule has 0 amide bonds. The molecule has 9 heteroatoms. The van der Waals surface area contributed by atoms with Gasteiger partial charge < -0.3 is 15.5 Å². The van der Waals surface area contributed by atoms with Gasteiger partial charge in [-0.3, -0.25) is 14.2 Å². The van der Waals surface area contributed by atoms with E-state index in [0.29, 0.717) is 35.3 Å². The molecule has 41 heavy (non-hydrogen) atoms. The highest BCUT2D eigenvalue weighted by molar-refractivity contribution is 5.91. The molecule has 0 aliphatic carbocycles. The molecule has 1 atom stereocenters. The Bertz CT molecular complexity index is 1930. The molecule has 6 rings (SSSR count). The second-order valence-corrected chi connectivity index (χ2v) is 9.97. The van der Waals surface area contributed by atoms with Crippen molar-refractivity contribution in [1.29, 1.82) is 0 Å². The van der Waals surface area contributed by atoms with E-state index in [-0.39, 0.29) is 24.2 Å². The number of H-pyrrole nitrogens is 1. The summed E-state index contributed by atoms with van der Waals surface area (Å²) in [6, 6.07) is 20.2. The number of nitrogens with two attached hydrogens (primary N) is 1. The first-order valence-corrected chi connectivity index (χ1v) is 13.1. The summed E-state index contributed by atoms with van der Waals surface area (Å²) in [6.45, 7) is 1.81. The molecule has 3 N–H and O–H groups in total. The minimum absolute atomic E-state index is 0.0199. The van der Waals surface area contributed by atoms with Gasteiger partial charge >= 0.3 is 12.4 Å². The van der Waals surface area contributed by atoms with E-state index < -0.39 is 5.97 Å². The zero-order valence-corrected chi connectivity index (χ0v) is 22.2. The van der Waals surface area contributed by atoms with Crippen molar-refractivity contribution in [3.05, 3.63) is 114 Å². The highest BCUT2D eigenvalue weighted by atomic mass is 19.1. The van der Waals surface area contributed by atoms with Crippen LogP contribution in [0.1, 0.15) is 27.4 Å². The number of nitrogens with zero attached hydrogens (tertiary/aromatic N) is 3. The van der Waals surface area contributed by atoms with E-state index in [9.17, 15) is 14.0 Å². The molecule has 2 aromatic carbocycles. The number of rotatable bonds is 8. The van der Waals surface area contributed by atoms with Crippen molar-refractivity contribution in [2.24, 2.45) is 5.73 Å². The molecule has 4 aromatic heterocycles. The third-order valence-corrected chi connectivity index (χ3v) is 7.22. The summed E-state index contributed by atoms with van der Waals surface area (Å²) < 4.78 is 20.3. The number of hydrogen-bond acceptors (Lipinski definition) is 6. The second-order valence-electron chi connectivity index (χ2n) is 9.97. The second kappa shape index (κ2) is 10.8. The van der Waals surface area contributed by atoms with E-state index in [0.717, 1.165) is 33.2 Å². The van der Waals surface area contributed by atoms with Crippen LogP contribution in [0.25, 0.3) is 38.8 Å². The zero-order valence-electron chi connectivity index (χ0n) is 22.2. The van der Waals surface area contributed by atoms with Crippen LogP contribution in [0.4, 0.5) is 4.39 Å². The van der Waals surface area contributed by atoms with Gasteiger partial charge in [0.25, 0.3) is 0 Å². The Hall–Kier alpha value is -5.15. The Balaban J connectivity index is 1.45. The fourth-order valence-corrected chi connectivity index (χ4v) is 5.34. The van der Waals surface area contributed by atoms with E-state index in [1.807, 2.05) is 48.7 Å². The van der Waals surface area contributed by atoms with E-state index in [1.165, 1.54) is 6.07 Å². The normalized spacial score (nSPS) is 12.1. The number of imidazole rings is 1. The number of esters is 1. The number of aromatic nitrogens is 4. The van der Waals surface area contributed by atoms with E-state index in [1.54, 1.807) is 35.9 Å². The number of aromatic amines is 1. The number of halogens is 1. The van der Waals surface area contributed by atoms with Gasteiger partial charge in [0.15, 0.2) is 0 Å². The minimum Gasteiger partial charge on any atom is -0.389 e. The maximum absolute atomic E-state index is 14.0. The molecule has 0 aliphatic rings. The fourth-order valence-electron chi connectivity index (χ4n) is 5.34. The van der Waals surface area contributed by atoms with E-state index >= 15 is 0 Å². The van der Waals surface area contributed by atoms with Crippen molar-refractivity contribution in [2.45, 2.75) is 25.8 Å². The lowest BCUT2D eigenvalue weighted by Gasteiger charge is -2.17. The van der Waals surface area contributed by atoms with Gasteiger partial charge in [-0.1, -0.05) is 24.3 Å². The zero-order chi connectivity index (χ0) is 28.5. The smallest absolute Gasteiger partial charge is 0.382 e. The largest absolute Gasteiger partial charge is 0.389 e. The molecule has 0 aliphatic heterocycles. The summed E-state index contributed by atoms with van der Waals surface area (Å²) in [4.78, 5) is 35.7. The van der Waals surface area contributed by atoms with E-state index in [4.69, 9.17) is 5.73 Å². The average molecular weight is 548 g/mol. The molecule has 0 saturated carbocycles. The number of nitrogens with one attached hydrogen (secondary N) is 1. The van der Waals surface area contributed by atoms with Crippen LogP contribution in [-0.4, -0.2) is 37.8 Å². The summed E-state index contributed by atoms with van der Waals surface area (Å²) in [5, 5.41) is 1.11. The van der Waals surface area contributed by atoms with Crippen LogP contribution in [0.5, 0.6) is 0 Å². The number of ether oxygens (including phenoxy) is 1. The maximum atomic E-state index is 14.0. The lowest BCUT2D eigenvalue weighted by Crippen LogP contribution is -2.27. The Labute approximate surface area is 234 Å². The topological polar surface area (TPSA) is 115 Å². The molecule has 0 fully saturated rings. The predicted octanol–water partition coefficient (Wildman–Crippen LogP) is 5.42. The molecule has 4 heterocycles. The van der Waals surface area contributed by atoms with Crippen molar-refractivity contribution in [3.8, 4) is 22.4 Å². The van der Waals surface area contributed by atoms with Gasteiger partial charge in [-0.2, -0.15) is 0 Å². The van der Waals surface area contributed by atoms with Crippen molar-refractivity contribution < 1.29 is 18.7 Å². The number of fused-ring (bicyclic) bond motifs is 2. The van der Waals surface area contributed by atoms with Crippen molar-refractivity contribution >= 4 is 28.9 Å². The Morgan fingerprint density at radius 2 is 1.93 bits per heavy atom. The Morgan fingerprint density at radius 3 is 2.76 bits per heavy atom. The first kappa shape index (κ1) is 26.1. The Kier molecular flexibility index (Phi) is 6.86. The molecule has 1 unspecified atom stereocenters. The van der Waals surface area contributed by atoms with Gasteiger partial charge in [0.2, 0.25) is 5.82 Å². The number of pyridine rings is 2. The van der Waals surface area contributed by atoms with Gasteiger partial charge in [-0.25, -0.2) is 14.2 Å².